The van der Waals surface area contributed by atoms with Crippen molar-refractivity contribution in [2.75, 3.05) is 7.11 Å². The van der Waals surface area contributed by atoms with E-state index in [1.807, 2.05) is 0 Å². The normalized spacial score (nSPS) is 9.50. The van der Waals surface area contributed by atoms with Gasteiger partial charge in [0.2, 0.25) is 5.75 Å². The second-order valence-corrected chi connectivity index (χ2v) is 2.30. The summed E-state index contributed by atoms with van der Waals surface area (Å²) in [6.45, 7) is 1.79. The molecule has 1 aromatic heterocycles. The predicted molar refractivity (Wildman–Crippen MR) is 42.2 cm³/mol. The lowest BCUT2D eigenvalue weighted by Crippen LogP contribution is -1.96. The summed E-state index contributed by atoms with van der Waals surface area (Å²) in [5, 5.41) is 10.4. The first-order chi connectivity index (χ1) is 5.65. The molecule has 1 rings (SSSR count). The fraction of sp³-hybridized carbons (Fsp3) is 0.286. The topological polar surface area (TPSA) is 65.3 Å². The minimum atomic E-state index is -0.571. The van der Waals surface area contributed by atoms with E-state index in [0.717, 1.165) is 5.56 Å². The summed E-state index contributed by atoms with van der Waals surface area (Å²) in [6, 6.07) is 1.57. The smallest absolute Gasteiger partial charge is 0.406 e. The zero-order chi connectivity index (χ0) is 9.14. The molecule has 0 fully saturated rings. The third-order valence-corrected chi connectivity index (χ3v) is 1.36. The highest BCUT2D eigenvalue weighted by atomic mass is 16.6. The largest absolute Gasteiger partial charge is 0.489 e. The highest BCUT2D eigenvalue weighted by molar-refractivity contribution is 5.40. The van der Waals surface area contributed by atoms with Crippen molar-refractivity contribution >= 4 is 5.82 Å². The van der Waals surface area contributed by atoms with Crippen LogP contribution >= 0.6 is 0 Å². The fourth-order valence-corrected chi connectivity index (χ4v) is 0.823. The number of nitrogens with zero attached hydrogens (tertiary/aromatic N) is 2. The Labute approximate surface area is 69.1 Å². The highest BCUT2D eigenvalue weighted by Gasteiger charge is 2.15. The number of rotatable bonds is 2. The number of aromatic nitrogens is 1. The van der Waals surface area contributed by atoms with E-state index in [2.05, 4.69) is 4.98 Å². The van der Waals surface area contributed by atoms with Crippen LogP contribution in [0.5, 0.6) is 5.75 Å². The first-order valence-electron chi connectivity index (χ1n) is 3.30. The molecule has 0 amide bonds. The maximum Gasteiger partial charge on any atom is 0.406 e. The molecule has 64 valence electrons. The molecule has 0 bridgehead atoms. The fourth-order valence-electron chi connectivity index (χ4n) is 0.823. The molecule has 0 aromatic carbocycles. The molecular weight excluding hydrogens is 160 g/mol. The number of methoxy groups -OCH3 is 1. The van der Waals surface area contributed by atoms with Gasteiger partial charge < -0.3 is 14.9 Å². The standard InChI is InChI=1S/C7H8N2O3/c1-5-3-6(12-2)7(8-4-5)9(10)11/h3-4H,1-2H3. The van der Waals surface area contributed by atoms with Crippen molar-refractivity contribution in [3.63, 3.8) is 0 Å². The van der Waals surface area contributed by atoms with Gasteiger partial charge in [-0.2, -0.15) is 0 Å². The lowest BCUT2D eigenvalue weighted by molar-refractivity contribution is -0.390. The average Bonchev–Trinajstić information content (AvgIpc) is 2.03. The van der Waals surface area contributed by atoms with E-state index in [9.17, 15) is 10.1 Å². The quantitative estimate of drug-likeness (QED) is 0.493. The molecule has 5 nitrogen and oxygen atoms in total. The summed E-state index contributed by atoms with van der Waals surface area (Å²) in [7, 11) is 1.38. The molecule has 0 saturated carbocycles. The van der Waals surface area contributed by atoms with Crippen LogP contribution in [0, 0.1) is 17.0 Å². The van der Waals surface area contributed by atoms with E-state index in [4.69, 9.17) is 4.74 Å². The average molecular weight is 168 g/mol. The maximum absolute atomic E-state index is 10.4. The first-order valence-corrected chi connectivity index (χ1v) is 3.30. The van der Waals surface area contributed by atoms with E-state index in [-0.39, 0.29) is 11.6 Å². The van der Waals surface area contributed by atoms with Crippen LogP contribution in [0.4, 0.5) is 5.82 Å². The molecule has 0 atom stereocenters. The van der Waals surface area contributed by atoms with Gasteiger partial charge in [0.05, 0.1) is 7.11 Å². The van der Waals surface area contributed by atoms with Crippen molar-refractivity contribution in [2.24, 2.45) is 0 Å². The van der Waals surface area contributed by atoms with Gasteiger partial charge in [-0.15, -0.1) is 0 Å². The van der Waals surface area contributed by atoms with E-state index >= 15 is 0 Å². The van der Waals surface area contributed by atoms with Crippen LogP contribution in [-0.4, -0.2) is 17.0 Å². The third kappa shape index (κ3) is 1.50. The van der Waals surface area contributed by atoms with Gasteiger partial charge >= 0.3 is 5.82 Å². The molecule has 1 aromatic rings. The van der Waals surface area contributed by atoms with Crippen LogP contribution in [0.1, 0.15) is 5.56 Å². The van der Waals surface area contributed by atoms with E-state index in [0.29, 0.717) is 0 Å². The molecule has 0 unspecified atom stereocenters. The number of nitro groups is 1. The molecule has 0 spiro atoms. The van der Waals surface area contributed by atoms with Crippen molar-refractivity contribution in [3.05, 3.63) is 27.9 Å². The Kier molecular flexibility index (Phi) is 2.23. The molecule has 0 aliphatic rings. The van der Waals surface area contributed by atoms with Crippen LogP contribution in [0.25, 0.3) is 0 Å². The van der Waals surface area contributed by atoms with Crippen molar-refractivity contribution in [1.29, 1.82) is 0 Å². The molecule has 0 N–H and O–H groups in total. The maximum atomic E-state index is 10.4. The van der Waals surface area contributed by atoms with Gasteiger partial charge in [-0.25, -0.2) is 0 Å². The zero-order valence-electron chi connectivity index (χ0n) is 6.77. The van der Waals surface area contributed by atoms with Crippen molar-refractivity contribution in [1.82, 2.24) is 4.98 Å². The molecule has 12 heavy (non-hydrogen) atoms. The lowest BCUT2D eigenvalue weighted by Gasteiger charge is -2.00. The molecule has 0 radical (unpaired) electrons. The van der Waals surface area contributed by atoms with Gasteiger partial charge in [0.1, 0.15) is 6.20 Å². The second-order valence-electron chi connectivity index (χ2n) is 2.30. The van der Waals surface area contributed by atoms with Gasteiger partial charge in [0.15, 0.2) is 0 Å². The Balaban J connectivity index is 3.20. The molecule has 0 aliphatic carbocycles. The molecule has 0 saturated heterocycles. The number of aryl methyl sites for hydroxylation is 1. The number of pyridine rings is 1. The number of hydrogen-bond donors (Lipinski definition) is 0. The summed E-state index contributed by atoms with van der Waals surface area (Å²) in [5.41, 5.74) is 0.831. The van der Waals surface area contributed by atoms with Crippen LogP contribution < -0.4 is 4.74 Å². The highest BCUT2D eigenvalue weighted by Crippen LogP contribution is 2.23. The van der Waals surface area contributed by atoms with Crippen LogP contribution in [0.15, 0.2) is 12.3 Å². The van der Waals surface area contributed by atoms with Crippen LogP contribution in [-0.2, 0) is 0 Å². The van der Waals surface area contributed by atoms with Crippen molar-refractivity contribution < 1.29 is 9.66 Å². The van der Waals surface area contributed by atoms with Gasteiger partial charge in [-0.05, 0) is 28.5 Å². The predicted octanol–water partition coefficient (Wildman–Crippen LogP) is 1.31. The number of hydrogen-bond acceptors (Lipinski definition) is 4. The first kappa shape index (κ1) is 8.45. The second kappa shape index (κ2) is 3.17. The van der Waals surface area contributed by atoms with Crippen LogP contribution in [0.3, 0.4) is 0 Å². The Morgan fingerprint density at radius 2 is 2.33 bits per heavy atom. The molecule has 1 heterocycles. The lowest BCUT2D eigenvalue weighted by atomic mass is 10.3. The van der Waals surface area contributed by atoms with Gasteiger partial charge in [0.25, 0.3) is 0 Å². The summed E-state index contributed by atoms with van der Waals surface area (Å²) in [4.78, 5) is 13.4. The van der Waals surface area contributed by atoms with Crippen molar-refractivity contribution in [3.8, 4) is 5.75 Å². The Bertz CT molecular complexity index is 312. The Morgan fingerprint density at radius 1 is 1.67 bits per heavy atom. The number of ether oxygens (including phenoxy) is 1. The third-order valence-electron chi connectivity index (χ3n) is 1.36. The molecular formula is C7H8N2O3. The Hall–Kier alpha value is -1.65. The van der Waals surface area contributed by atoms with Gasteiger partial charge in [-0.1, -0.05) is 0 Å². The molecule has 0 aliphatic heterocycles. The molecule has 5 heteroatoms. The Morgan fingerprint density at radius 3 is 2.83 bits per heavy atom. The minimum Gasteiger partial charge on any atom is -0.489 e. The van der Waals surface area contributed by atoms with E-state index in [1.165, 1.54) is 13.3 Å². The summed E-state index contributed by atoms with van der Waals surface area (Å²) in [5.74, 6) is -0.0527. The van der Waals surface area contributed by atoms with Gasteiger partial charge in [-0.3, -0.25) is 0 Å². The van der Waals surface area contributed by atoms with Crippen molar-refractivity contribution in [2.45, 2.75) is 6.92 Å². The summed E-state index contributed by atoms with van der Waals surface area (Å²) in [6.07, 6.45) is 1.43. The summed E-state index contributed by atoms with van der Waals surface area (Å²) < 4.78 is 4.78. The van der Waals surface area contributed by atoms with E-state index in [1.54, 1.807) is 13.0 Å². The zero-order valence-corrected chi connectivity index (χ0v) is 6.77. The van der Waals surface area contributed by atoms with Gasteiger partial charge in [0, 0.05) is 0 Å². The minimum absolute atomic E-state index is 0.194. The van der Waals surface area contributed by atoms with Crippen LogP contribution in [0.2, 0.25) is 0 Å². The SMILES string of the molecule is COc1cc(C)cnc1[N+](=O)[O-]. The van der Waals surface area contributed by atoms with E-state index < -0.39 is 4.92 Å². The summed E-state index contributed by atoms with van der Waals surface area (Å²) >= 11 is 0. The monoisotopic (exact) mass is 168 g/mol.